The number of hydrogen-bond donors (Lipinski definition) is 1. The third-order valence-corrected chi connectivity index (χ3v) is 2.56. The van der Waals surface area contributed by atoms with Crippen molar-refractivity contribution < 1.29 is 13.9 Å². The van der Waals surface area contributed by atoms with Gasteiger partial charge in [-0.2, -0.15) is 0 Å². The van der Waals surface area contributed by atoms with Crippen LogP contribution in [0.1, 0.15) is 11.1 Å². The van der Waals surface area contributed by atoms with Crippen LogP contribution in [0.3, 0.4) is 0 Å². The predicted molar refractivity (Wildman–Crippen MR) is 56.0 cm³/mol. The average Bonchev–Trinajstić information content (AvgIpc) is 2.67. The van der Waals surface area contributed by atoms with Gasteiger partial charge in [0, 0.05) is 12.1 Å². The van der Waals surface area contributed by atoms with Crippen LogP contribution in [-0.4, -0.2) is 24.1 Å². The van der Waals surface area contributed by atoms with Crippen molar-refractivity contribution in [3.05, 3.63) is 35.1 Å². The van der Waals surface area contributed by atoms with Gasteiger partial charge in [0.15, 0.2) is 0 Å². The summed E-state index contributed by atoms with van der Waals surface area (Å²) in [4.78, 5) is 12.6. The average molecular weight is 224 g/mol. The highest BCUT2D eigenvalue weighted by atomic mass is 19.1. The number of carbonyl (C=O) groups excluding carboxylic acids is 1. The molecular formula is C11H13FN2O2. The molecule has 4 nitrogen and oxygen atoms in total. The van der Waals surface area contributed by atoms with E-state index >= 15 is 0 Å². The molecule has 0 aromatic heterocycles. The standard InChI is InChI=1S/C11H13FN2O2/c12-10-5-8(6-13)1-2-9(10)7-14-3-4-16-11(14)15/h1-2,5H,3-4,6-7,13H2. The van der Waals surface area contributed by atoms with Gasteiger partial charge in [-0.15, -0.1) is 0 Å². The first-order chi connectivity index (χ1) is 7.70. The number of nitrogens with two attached hydrogens (primary N) is 1. The Bertz CT molecular complexity index is 409. The summed E-state index contributed by atoms with van der Waals surface area (Å²) in [5.41, 5.74) is 6.63. The summed E-state index contributed by atoms with van der Waals surface area (Å²) in [5, 5.41) is 0. The lowest BCUT2D eigenvalue weighted by atomic mass is 10.1. The number of amides is 1. The number of hydrogen-bond acceptors (Lipinski definition) is 3. The van der Waals surface area contributed by atoms with Gasteiger partial charge < -0.3 is 15.4 Å². The topological polar surface area (TPSA) is 55.6 Å². The van der Waals surface area contributed by atoms with Crippen molar-refractivity contribution in [2.75, 3.05) is 13.2 Å². The molecular weight excluding hydrogens is 211 g/mol. The fourth-order valence-electron chi connectivity index (χ4n) is 1.62. The fourth-order valence-corrected chi connectivity index (χ4v) is 1.62. The van der Waals surface area contributed by atoms with Crippen molar-refractivity contribution >= 4 is 6.09 Å². The molecule has 5 heteroatoms. The molecule has 0 saturated carbocycles. The van der Waals surface area contributed by atoms with Crippen molar-refractivity contribution in [2.24, 2.45) is 5.73 Å². The van der Waals surface area contributed by atoms with Gasteiger partial charge in [-0.1, -0.05) is 12.1 Å². The monoisotopic (exact) mass is 224 g/mol. The summed E-state index contributed by atoms with van der Waals surface area (Å²) in [6, 6.07) is 4.82. The third kappa shape index (κ3) is 2.14. The number of cyclic esters (lactones) is 1. The van der Waals surface area contributed by atoms with Crippen molar-refractivity contribution in [1.82, 2.24) is 4.90 Å². The van der Waals surface area contributed by atoms with Crippen LogP contribution in [0.25, 0.3) is 0 Å². The molecule has 0 bridgehead atoms. The lowest BCUT2D eigenvalue weighted by molar-refractivity contribution is 0.157. The number of carbonyl (C=O) groups is 1. The first kappa shape index (κ1) is 10.9. The maximum Gasteiger partial charge on any atom is 0.410 e. The third-order valence-electron chi connectivity index (χ3n) is 2.56. The molecule has 16 heavy (non-hydrogen) atoms. The number of benzene rings is 1. The Morgan fingerprint density at radius 1 is 1.50 bits per heavy atom. The Balaban J connectivity index is 2.12. The number of ether oxygens (including phenoxy) is 1. The van der Waals surface area contributed by atoms with E-state index in [0.717, 1.165) is 5.56 Å². The van der Waals surface area contributed by atoms with Gasteiger partial charge in [-0.25, -0.2) is 9.18 Å². The maximum atomic E-state index is 13.6. The first-order valence-corrected chi connectivity index (χ1v) is 5.10. The lowest BCUT2D eigenvalue weighted by Gasteiger charge is -2.13. The molecule has 0 aliphatic carbocycles. The zero-order chi connectivity index (χ0) is 11.5. The summed E-state index contributed by atoms with van der Waals surface area (Å²) < 4.78 is 18.4. The molecule has 1 aliphatic heterocycles. The molecule has 1 heterocycles. The molecule has 0 radical (unpaired) electrons. The van der Waals surface area contributed by atoms with E-state index in [1.165, 1.54) is 11.0 Å². The first-order valence-electron chi connectivity index (χ1n) is 5.10. The second-order valence-electron chi connectivity index (χ2n) is 3.67. The quantitative estimate of drug-likeness (QED) is 0.840. The van der Waals surface area contributed by atoms with Crippen LogP contribution >= 0.6 is 0 Å². The highest BCUT2D eigenvalue weighted by Crippen LogP contribution is 2.15. The van der Waals surface area contributed by atoms with Crippen LogP contribution in [0.5, 0.6) is 0 Å². The summed E-state index contributed by atoms with van der Waals surface area (Å²) in [6.45, 7) is 1.44. The molecule has 2 rings (SSSR count). The Kier molecular flexibility index (Phi) is 3.05. The molecule has 0 spiro atoms. The number of halogens is 1. The van der Waals surface area contributed by atoms with Crippen molar-refractivity contribution in [3.63, 3.8) is 0 Å². The van der Waals surface area contributed by atoms with Gasteiger partial charge in [-0.05, 0) is 11.6 Å². The second-order valence-corrected chi connectivity index (χ2v) is 3.67. The van der Waals surface area contributed by atoms with Crippen LogP contribution in [0.15, 0.2) is 18.2 Å². The van der Waals surface area contributed by atoms with Crippen LogP contribution < -0.4 is 5.73 Å². The fraction of sp³-hybridized carbons (Fsp3) is 0.364. The van der Waals surface area contributed by atoms with E-state index < -0.39 is 0 Å². The molecule has 1 aromatic rings. The molecule has 1 saturated heterocycles. The van der Waals surface area contributed by atoms with Gasteiger partial charge in [0.25, 0.3) is 0 Å². The second kappa shape index (κ2) is 4.49. The normalized spacial score (nSPS) is 15.4. The molecule has 0 unspecified atom stereocenters. The minimum absolute atomic E-state index is 0.246. The van der Waals surface area contributed by atoms with Gasteiger partial charge in [0.05, 0.1) is 13.1 Å². The van der Waals surface area contributed by atoms with E-state index in [1.807, 2.05) is 0 Å². The van der Waals surface area contributed by atoms with Crippen LogP contribution in [-0.2, 0) is 17.8 Å². The van der Waals surface area contributed by atoms with Gasteiger partial charge in [0.2, 0.25) is 0 Å². The van der Waals surface area contributed by atoms with Gasteiger partial charge in [-0.3, -0.25) is 0 Å². The summed E-state index contributed by atoms with van der Waals surface area (Å²) >= 11 is 0. The van der Waals surface area contributed by atoms with Gasteiger partial charge >= 0.3 is 6.09 Å². The highest BCUT2D eigenvalue weighted by Gasteiger charge is 2.22. The van der Waals surface area contributed by atoms with E-state index in [2.05, 4.69) is 0 Å². The summed E-state index contributed by atoms with van der Waals surface area (Å²) in [7, 11) is 0. The van der Waals surface area contributed by atoms with E-state index in [0.29, 0.717) is 25.3 Å². The van der Waals surface area contributed by atoms with E-state index in [-0.39, 0.29) is 18.5 Å². The zero-order valence-corrected chi connectivity index (χ0v) is 8.78. The highest BCUT2D eigenvalue weighted by molar-refractivity contribution is 5.69. The SMILES string of the molecule is NCc1ccc(CN2CCOC2=O)c(F)c1. The van der Waals surface area contributed by atoms with Crippen LogP contribution in [0.4, 0.5) is 9.18 Å². The van der Waals surface area contributed by atoms with Crippen molar-refractivity contribution in [1.29, 1.82) is 0 Å². The smallest absolute Gasteiger partial charge is 0.410 e. The predicted octanol–water partition coefficient (Wildman–Crippen LogP) is 1.24. The van der Waals surface area contributed by atoms with E-state index in [1.54, 1.807) is 12.1 Å². The van der Waals surface area contributed by atoms with Gasteiger partial charge in [0.1, 0.15) is 12.4 Å². The van der Waals surface area contributed by atoms with Crippen LogP contribution in [0, 0.1) is 5.82 Å². The lowest BCUT2D eigenvalue weighted by Crippen LogP contribution is -2.24. The molecule has 0 atom stereocenters. The Hall–Kier alpha value is -1.62. The van der Waals surface area contributed by atoms with E-state index in [4.69, 9.17) is 10.5 Å². The molecule has 2 N–H and O–H groups in total. The van der Waals surface area contributed by atoms with Crippen LogP contribution in [0.2, 0.25) is 0 Å². The largest absolute Gasteiger partial charge is 0.448 e. The number of nitrogens with zero attached hydrogens (tertiary/aromatic N) is 1. The summed E-state index contributed by atoms with van der Waals surface area (Å²) in [5.74, 6) is -0.331. The Morgan fingerprint density at radius 3 is 2.88 bits per heavy atom. The van der Waals surface area contributed by atoms with E-state index in [9.17, 15) is 9.18 Å². The zero-order valence-electron chi connectivity index (χ0n) is 8.78. The molecule has 1 aromatic carbocycles. The molecule has 1 aliphatic rings. The van der Waals surface area contributed by atoms with Crippen molar-refractivity contribution in [3.8, 4) is 0 Å². The molecule has 1 amide bonds. The summed E-state index contributed by atoms with van der Waals surface area (Å²) in [6.07, 6.45) is -0.387. The Labute approximate surface area is 92.8 Å². The maximum absolute atomic E-state index is 13.6. The number of rotatable bonds is 3. The van der Waals surface area contributed by atoms with Crippen molar-refractivity contribution in [2.45, 2.75) is 13.1 Å². The molecule has 1 fully saturated rings. The molecule has 86 valence electrons. The minimum Gasteiger partial charge on any atom is -0.448 e. The minimum atomic E-state index is -0.387. The Morgan fingerprint density at radius 2 is 2.31 bits per heavy atom.